The lowest BCUT2D eigenvalue weighted by Gasteiger charge is -2.33. The van der Waals surface area contributed by atoms with Gasteiger partial charge in [0, 0.05) is 17.5 Å². The maximum atomic E-state index is 6.39. The highest BCUT2D eigenvalue weighted by Gasteiger charge is 2.28. The zero-order valence-electron chi connectivity index (χ0n) is 10.9. The summed E-state index contributed by atoms with van der Waals surface area (Å²) in [6.45, 7) is 2.10. The monoisotopic (exact) mass is 271 g/mol. The molecule has 1 aliphatic heterocycles. The van der Waals surface area contributed by atoms with Crippen molar-refractivity contribution in [3.05, 3.63) is 70.7 Å². The van der Waals surface area contributed by atoms with E-state index in [2.05, 4.69) is 47.8 Å². The first-order valence-corrected chi connectivity index (χ1v) is 7.24. The molecule has 1 nitrogen and oxygen atoms in total. The predicted octanol–water partition coefficient (Wildman–Crippen LogP) is 4.20. The second-order valence-electron chi connectivity index (χ2n) is 5.14. The second kappa shape index (κ2) is 5.77. The van der Waals surface area contributed by atoms with Crippen LogP contribution in [0.25, 0.3) is 0 Å². The molecule has 1 aliphatic rings. The molecule has 0 bridgehead atoms. The van der Waals surface area contributed by atoms with Gasteiger partial charge in [-0.25, -0.2) is 0 Å². The number of rotatable bonds is 2. The minimum Gasteiger partial charge on any atom is -0.316 e. The fourth-order valence-corrected chi connectivity index (χ4v) is 3.33. The Morgan fingerprint density at radius 2 is 1.63 bits per heavy atom. The van der Waals surface area contributed by atoms with Crippen LogP contribution >= 0.6 is 11.6 Å². The number of piperidine rings is 1. The van der Waals surface area contributed by atoms with Crippen LogP contribution in [0.4, 0.5) is 0 Å². The van der Waals surface area contributed by atoms with E-state index in [9.17, 15) is 0 Å². The van der Waals surface area contributed by atoms with Gasteiger partial charge in [-0.2, -0.15) is 0 Å². The molecule has 0 aliphatic carbocycles. The lowest BCUT2D eigenvalue weighted by molar-refractivity contribution is 0.404. The van der Waals surface area contributed by atoms with Crippen molar-refractivity contribution in [3.8, 4) is 0 Å². The molecule has 1 N–H and O–H groups in total. The summed E-state index contributed by atoms with van der Waals surface area (Å²) in [5.41, 5.74) is 2.69. The third-order valence-corrected chi connectivity index (χ3v) is 4.36. The summed E-state index contributed by atoms with van der Waals surface area (Å²) >= 11 is 6.39. The number of nitrogens with one attached hydrogen (secondary N) is 1. The highest BCUT2D eigenvalue weighted by Crippen LogP contribution is 2.39. The van der Waals surface area contributed by atoms with Crippen LogP contribution in [0.5, 0.6) is 0 Å². The Labute approximate surface area is 119 Å². The van der Waals surface area contributed by atoms with Gasteiger partial charge in [0.15, 0.2) is 0 Å². The van der Waals surface area contributed by atoms with Gasteiger partial charge >= 0.3 is 0 Å². The van der Waals surface area contributed by atoms with Crippen molar-refractivity contribution in [1.29, 1.82) is 0 Å². The van der Waals surface area contributed by atoms with E-state index in [1.54, 1.807) is 0 Å². The summed E-state index contributed by atoms with van der Waals surface area (Å²) in [5, 5.41) is 4.41. The summed E-state index contributed by atoms with van der Waals surface area (Å²) < 4.78 is 0. The van der Waals surface area contributed by atoms with Crippen molar-refractivity contribution in [1.82, 2.24) is 5.32 Å². The Bertz CT molecular complexity index is 538. The second-order valence-corrected chi connectivity index (χ2v) is 5.55. The third-order valence-electron chi connectivity index (χ3n) is 4.01. The van der Waals surface area contributed by atoms with Crippen molar-refractivity contribution in [3.63, 3.8) is 0 Å². The van der Waals surface area contributed by atoms with E-state index >= 15 is 0 Å². The van der Waals surface area contributed by atoms with Crippen molar-refractivity contribution >= 4 is 11.6 Å². The lowest BCUT2D eigenvalue weighted by Crippen LogP contribution is -2.34. The smallest absolute Gasteiger partial charge is 0.0441 e. The number of hydrogen-bond acceptors (Lipinski definition) is 1. The number of benzene rings is 2. The van der Waals surface area contributed by atoms with E-state index in [4.69, 9.17) is 11.6 Å². The first kappa shape index (κ1) is 12.7. The van der Waals surface area contributed by atoms with Gasteiger partial charge in [0.25, 0.3) is 0 Å². The first-order chi connectivity index (χ1) is 9.36. The molecule has 2 unspecified atom stereocenters. The van der Waals surface area contributed by atoms with Crippen LogP contribution in [-0.4, -0.2) is 13.1 Å². The average molecular weight is 272 g/mol. The van der Waals surface area contributed by atoms with E-state index in [0.717, 1.165) is 24.5 Å². The third kappa shape index (κ3) is 2.68. The molecule has 2 heteroatoms. The Morgan fingerprint density at radius 1 is 0.895 bits per heavy atom. The van der Waals surface area contributed by atoms with E-state index in [1.165, 1.54) is 11.1 Å². The van der Waals surface area contributed by atoms with Crippen LogP contribution in [-0.2, 0) is 0 Å². The molecule has 0 saturated carbocycles. The molecule has 1 heterocycles. The van der Waals surface area contributed by atoms with Gasteiger partial charge in [-0.05, 0) is 36.1 Å². The zero-order valence-corrected chi connectivity index (χ0v) is 11.6. The molecule has 3 rings (SSSR count). The molecule has 0 radical (unpaired) electrons. The summed E-state index contributed by atoms with van der Waals surface area (Å²) in [6, 6.07) is 19.0. The Hall–Kier alpha value is -1.31. The molecule has 2 aromatic carbocycles. The minimum atomic E-state index is 0.509. The van der Waals surface area contributed by atoms with Crippen molar-refractivity contribution in [2.75, 3.05) is 13.1 Å². The molecule has 98 valence electrons. The topological polar surface area (TPSA) is 12.0 Å². The highest BCUT2D eigenvalue weighted by molar-refractivity contribution is 6.31. The molecule has 19 heavy (non-hydrogen) atoms. The molecule has 0 spiro atoms. The van der Waals surface area contributed by atoms with E-state index in [-0.39, 0.29) is 0 Å². The van der Waals surface area contributed by atoms with E-state index in [1.807, 2.05) is 12.1 Å². The lowest BCUT2D eigenvalue weighted by atomic mass is 9.77. The Balaban J connectivity index is 1.96. The SMILES string of the molecule is Clc1ccccc1C1CCNCC1c1ccccc1. The van der Waals surface area contributed by atoms with Crippen LogP contribution in [0.1, 0.15) is 29.4 Å². The Kier molecular flexibility index (Phi) is 3.86. The normalized spacial score (nSPS) is 23.2. The van der Waals surface area contributed by atoms with E-state index in [0.29, 0.717) is 11.8 Å². The highest BCUT2D eigenvalue weighted by atomic mass is 35.5. The maximum Gasteiger partial charge on any atom is 0.0441 e. The predicted molar refractivity (Wildman–Crippen MR) is 80.9 cm³/mol. The van der Waals surface area contributed by atoms with Gasteiger partial charge in [-0.15, -0.1) is 0 Å². The number of halogens is 1. The summed E-state index contributed by atoms with van der Waals surface area (Å²) in [4.78, 5) is 0. The molecular weight excluding hydrogens is 254 g/mol. The first-order valence-electron chi connectivity index (χ1n) is 6.86. The molecule has 0 amide bonds. The molecular formula is C17H18ClN. The van der Waals surface area contributed by atoms with Crippen LogP contribution in [0.15, 0.2) is 54.6 Å². The van der Waals surface area contributed by atoms with Gasteiger partial charge in [0.1, 0.15) is 0 Å². The van der Waals surface area contributed by atoms with Crippen LogP contribution in [0.2, 0.25) is 5.02 Å². The Morgan fingerprint density at radius 3 is 2.42 bits per heavy atom. The minimum absolute atomic E-state index is 0.509. The van der Waals surface area contributed by atoms with Gasteiger partial charge in [0.05, 0.1) is 0 Å². The summed E-state index contributed by atoms with van der Waals surface area (Å²) in [6.07, 6.45) is 1.14. The average Bonchev–Trinajstić information content (AvgIpc) is 2.49. The van der Waals surface area contributed by atoms with Gasteiger partial charge in [-0.1, -0.05) is 60.1 Å². The van der Waals surface area contributed by atoms with Crippen molar-refractivity contribution in [2.45, 2.75) is 18.3 Å². The van der Waals surface area contributed by atoms with Gasteiger partial charge in [0.2, 0.25) is 0 Å². The van der Waals surface area contributed by atoms with Crippen LogP contribution in [0, 0.1) is 0 Å². The molecule has 2 aromatic rings. The van der Waals surface area contributed by atoms with Crippen molar-refractivity contribution < 1.29 is 0 Å². The largest absolute Gasteiger partial charge is 0.316 e. The quantitative estimate of drug-likeness (QED) is 0.863. The molecule has 0 aromatic heterocycles. The van der Waals surface area contributed by atoms with Gasteiger partial charge in [-0.3, -0.25) is 0 Å². The maximum absolute atomic E-state index is 6.39. The zero-order chi connectivity index (χ0) is 13.1. The van der Waals surface area contributed by atoms with Crippen LogP contribution in [0.3, 0.4) is 0 Å². The molecule has 1 fully saturated rings. The van der Waals surface area contributed by atoms with Crippen LogP contribution < -0.4 is 5.32 Å². The van der Waals surface area contributed by atoms with E-state index < -0.39 is 0 Å². The summed E-state index contributed by atoms with van der Waals surface area (Å²) in [5.74, 6) is 1.02. The van der Waals surface area contributed by atoms with Gasteiger partial charge < -0.3 is 5.32 Å². The number of hydrogen-bond donors (Lipinski definition) is 1. The van der Waals surface area contributed by atoms with Crippen molar-refractivity contribution in [2.24, 2.45) is 0 Å². The molecule has 2 atom stereocenters. The fraction of sp³-hybridized carbons (Fsp3) is 0.294. The fourth-order valence-electron chi connectivity index (χ4n) is 3.06. The summed E-state index contributed by atoms with van der Waals surface area (Å²) in [7, 11) is 0. The standard InChI is InChI=1S/C17H18ClN/c18-17-9-5-4-8-15(17)14-10-11-19-12-16(14)13-6-2-1-3-7-13/h1-9,14,16,19H,10-12H2. The molecule has 1 saturated heterocycles.